The number of benzene rings is 1. The maximum atomic E-state index is 10.8. The van der Waals surface area contributed by atoms with Crippen molar-refractivity contribution >= 4 is 55.5 Å². The molecule has 0 radical (unpaired) electrons. The third-order valence-corrected chi connectivity index (χ3v) is 3.46. The number of hydrogen-bond donors (Lipinski definition) is 3. The molecule has 0 aliphatic heterocycles. The van der Waals surface area contributed by atoms with Gasteiger partial charge in [0.1, 0.15) is 9.79 Å². The number of anilines is 1. The fourth-order valence-electron chi connectivity index (χ4n) is 0.939. The molecule has 0 unspecified atom stereocenters. The van der Waals surface area contributed by atoms with Gasteiger partial charge >= 0.3 is 29.6 Å². The van der Waals surface area contributed by atoms with Crippen LogP contribution in [0.4, 0.5) is 5.69 Å². The first-order valence-electron chi connectivity index (χ1n) is 3.47. The Morgan fingerprint density at radius 1 is 0.938 bits per heavy atom. The van der Waals surface area contributed by atoms with Crippen LogP contribution in [0, 0.1) is 0 Å². The standard InChI is InChI=1S/C6H7NO6S2.Na.H/c7-4-1-2-5(14(8,9)10)6(3-4)15(11,12)13;;/h1-3H,7H2,(H,8,9,10)(H,11,12,13);;. The first kappa shape index (κ1) is 15.8. The molecule has 0 bridgehead atoms. The van der Waals surface area contributed by atoms with Crippen LogP contribution in [0.15, 0.2) is 28.0 Å². The van der Waals surface area contributed by atoms with Crippen LogP contribution in [0.1, 0.15) is 0 Å². The Hall–Kier alpha value is -0.160. The normalized spacial score (nSPS) is 11.9. The third kappa shape index (κ3) is 3.70. The van der Waals surface area contributed by atoms with Crippen molar-refractivity contribution in [1.29, 1.82) is 0 Å². The molecule has 7 nitrogen and oxygen atoms in total. The van der Waals surface area contributed by atoms with E-state index in [1.165, 1.54) is 0 Å². The summed E-state index contributed by atoms with van der Waals surface area (Å²) in [6.45, 7) is 0. The van der Waals surface area contributed by atoms with Crippen LogP contribution in [-0.4, -0.2) is 55.5 Å². The number of hydrogen-bond acceptors (Lipinski definition) is 5. The predicted molar refractivity (Wildman–Crippen MR) is 57.6 cm³/mol. The minimum absolute atomic E-state index is 0. The molecule has 86 valence electrons. The molecular formula is C6H8NNaO6S2. The second-order valence-electron chi connectivity index (χ2n) is 2.66. The maximum absolute atomic E-state index is 10.8. The Balaban J connectivity index is 0.00000225. The van der Waals surface area contributed by atoms with Gasteiger partial charge in [-0.2, -0.15) is 16.8 Å². The van der Waals surface area contributed by atoms with Crippen LogP contribution in [0.2, 0.25) is 0 Å². The topological polar surface area (TPSA) is 135 Å². The fourth-order valence-corrected chi connectivity index (χ4v) is 2.73. The molecule has 1 rings (SSSR count). The van der Waals surface area contributed by atoms with E-state index in [-0.39, 0.29) is 35.2 Å². The summed E-state index contributed by atoms with van der Waals surface area (Å²) >= 11 is 0. The summed E-state index contributed by atoms with van der Waals surface area (Å²) in [4.78, 5) is -1.87. The van der Waals surface area contributed by atoms with Crippen molar-refractivity contribution in [1.82, 2.24) is 0 Å². The first-order chi connectivity index (χ1) is 6.62. The van der Waals surface area contributed by atoms with Gasteiger partial charge in [0.15, 0.2) is 0 Å². The summed E-state index contributed by atoms with van der Waals surface area (Å²) in [5.74, 6) is 0. The molecule has 0 heterocycles. The zero-order valence-corrected chi connectivity index (χ0v) is 8.79. The minimum atomic E-state index is -4.76. The molecule has 0 amide bonds. The summed E-state index contributed by atoms with van der Waals surface area (Å²) in [5.41, 5.74) is 5.16. The quantitative estimate of drug-likeness (QED) is 0.362. The molecule has 0 atom stereocenters. The van der Waals surface area contributed by atoms with Crippen LogP contribution < -0.4 is 5.73 Å². The van der Waals surface area contributed by atoms with Gasteiger partial charge in [0.2, 0.25) is 0 Å². The van der Waals surface area contributed by atoms with E-state index < -0.39 is 30.0 Å². The van der Waals surface area contributed by atoms with E-state index in [0.29, 0.717) is 0 Å². The molecule has 1 aromatic rings. The third-order valence-electron chi connectivity index (χ3n) is 1.52. The Bertz CT molecular complexity index is 593. The number of nitrogen functional groups attached to an aromatic ring is 1. The Labute approximate surface area is 114 Å². The summed E-state index contributed by atoms with van der Waals surface area (Å²) < 4.78 is 60.4. The molecule has 0 fully saturated rings. The van der Waals surface area contributed by atoms with E-state index in [0.717, 1.165) is 18.2 Å². The Morgan fingerprint density at radius 2 is 1.38 bits per heavy atom. The molecule has 16 heavy (non-hydrogen) atoms. The van der Waals surface area contributed by atoms with E-state index in [1.807, 2.05) is 0 Å². The van der Waals surface area contributed by atoms with Crippen molar-refractivity contribution in [2.75, 3.05) is 5.73 Å². The molecule has 0 aromatic heterocycles. The van der Waals surface area contributed by atoms with Gasteiger partial charge in [-0.05, 0) is 18.2 Å². The van der Waals surface area contributed by atoms with E-state index in [2.05, 4.69) is 0 Å². The molecule has 0 saturated carbocycles. The van der Waals surface area contributed by atoms with Crippen molar-refractivity contribution < 1.29 is 25.9 Å². The average molecular weight is 277 g/mol. The average Bonchev–Trinajstić information content (AvgIpc) is 2.00. The van der Waals surface area contributed by atoms with Crippen molar-refractivity contribution in [3.05, 3.63) is 18.2 Å². The zero-order valence-electron chi connectivity index (χ0n) is 7.15. The van der Waals surface area contributed by atoms with E-state index >= 15 is 0 Å². The van der Waals surface area contributed by atoms with Gasteiger partial charge in [0.05, 0.1) is 0 Å². The van der Waals surface area contributed by atoms with Gasteiger partial charge in [-0.25, -0.2) is 0 Å². The molecular weight excluding hydrogens is 269 g/mol. The van der Waals surface area contributed by atoms with Gasteiger partial charge in [-0.15, -0.1) is 0 Å². The second kappa shape index (κ2) is 5.00. The Morgan fingerprint density at radius 3 is 1.75 bits per heavy atom. The first-order valence-corrected chi connectivity index (χ1v) is 6.35. The predicted octanol–water partition coefficient (Wildman–Crippen LogP) is -0.886. The molecule has 4 N–H and O–H groups in total. The second-order valence-corrected chi connectivity index (χ2v) is 5.44. The van der Waals surface area contributed by atoms with Crippen molar-refractivity contribution in [2.45, 2.75) is 9.79 Å². The van der Waals surface area contributed by atoms with Gasteiger partial charge in [0, 0.05) is 5.69 Å². The summed E-state index contributed by atoms with van der Waals surface area (Å²) in [6, 6.07) is 2.60. The monoisotopic (exact) mass is 277 g/mol. The molecule has 0 spiro atoms. The van der Waals surface area contributed by atoms with E-state index in [9.17, 15) is 16.8 Å². The zero-order chi connectivity index (χ0) is 11.9. The fraction of sp³-hybridized carbons (Fsp3) is 0. The van der Waals surface area contributed by atoms with Crippen LogP contribution in [0.3, 0.4) is 0 Å². The van der Waals surface area contributed by atoms with Gasteiger partial charge < -0.3 is 5.73 Å². The Kier molecular flexibility index (Phi) is 4.95. The van der Waals surface area contributed by atoms with Crippen LogP contribution in [0.5, 0.6) is 0 Å². The van der Waals surface area contributed by atoms with Gasteiger partial charge in [0.25, 0.3) is 20.2 Å². The molecule has 0 aliphatic rings. The van der Waals surface area contributed by atoms with Crippen molar-refractivity contribution in [2.24, 2.45) is 0 Å². The number of nitrogens with two attached hydrogens (primary N) is 1. The molecule has 0 saturated heterocycles. The summed E-state index contributed by atoms with van der Waals surface area (Å²) in [6.07, 6.45) is 0. The van der Waals surface area contributed by atoms with Crippen molar-refractivity contribution in [3.63, 3.8) is 0 Å². The SMILES string of the molecule is Nc1ccc(S(=O)(=O)O)c(S(=O)(=O)O)c1.[NaH]. The van der Waals surface area contributed by atoms with Crippen molar-refractivity contribution in [3.8, 4) is 0 Å². The molecule has 10 heteroatoms. The van der Waals surface area contributed by atoms with E-state index in [1.54, 1.807) is 0 Å². The van der Waals surface area contributed by atoms with Gasteiger partial charge in [-0.3, -0.25) is 9.11 Å². The summed E-state index contributed by atoms with van der Waals surface area (Å²) in [5, 5.41) is 0. The van der Waals surface area contributed by atoms with Gasteiger partial charge in [-0.1, -0.05) is 0 Å². The van der Waals surface area contributed by atoms with Crippen LogP contribution in [-0.2, 0) is 20.2 Å². The summed E-state index contributed by atoms with van der Waals surface area (Å²) in [7, 11) is -9.49. The van der Waals surface area contributed by atoms with Crippen LogP contribution in [0.25, 0.3) is 0 Å². The molecule has 1 aromatic carbocycles. The number of rotatable bonds is 2. The molecule has 0 aliphatic carbocycles. The van der Waals surface area contributed by atoms with E-state index in [4.69, 9.17) is 14.8 Å². The van der Waals surface area contributed by atoms with Crippen LogP contribution >= 0.6 is 0 Å².